The molecular formula is C21H24F2N2O. The van der Waals surface area contributed by atoms with E-state index in [9.17, 15) is 13.6 Å². The van der Waals surface area contributed by atoms with Crippen molar-refractivity contribution in [2.45, 2.75) is 38.0 Å². The minimum absolute atomic E-state index is 0.0755. The Bertz CT molecular complexity index is 739. The number of halogens is 2. The Kier molecular flexibility index (Phi) is 5.55. The lowest BCUT2D eigenvalue weighted by atomic mass is 9.95. The molecule has 2 aromatic rings. The topological polar surface area (TPSA) is 32.3 Å². The maximum absolute atomic E-state index is 13.4. The van der Waals surface area contributed by atoms with Gasteiger partial charge in [-0.3, -0.25) is 4.79 Å². The van der Waals surface area contributed by atoms with Crippen molar-refractivity contribution in [1.82, 2.24) is 0 Å². The van der Waals surface area contributed by atoms with E-state index in [1.165, 1.54) is 0 Å². The summed E-state index contributed by atoms with van der Waals surface area (Å²) in [4.78, 5) is 14.8. The Morgan fingerprint density at radius 3 is 2.35 bits per heavy atom. The van der Waals surface area contributed by atoms with Crippen LogP contribution in [0.3, 0.4) is 0 Å². The van der Waals surface area contributed by atoms with Crippen LogP contribution in [-0.2, 0) is 4.79 Å². The van der Waals surface area contributed by atoms with Crippen LogP contribution in [0.5, 0.6) is 0 Å². The first-order chi connectivity index (χ1) is 12.5. The molecule has 1 heterocycles. The van der Waals surface area contributed by atoms with Crippen LogP contribution in [-0.4, -0.2) is 24.9 Å². The molecule has 1 atom stereocenters. The number of hydrogen-bond donors (Lipinski definition) is 1. The fourth-order valence-electron chi connectivity index (χ4n) is 3.41. The minimum atomic E-state index is -2.59. The number of hydrogen-bond acceptors (Lipinski definition) is 2. The van der Waals surface area contributed by atoms with Gasteiger partial charge in [-0.05, 0) is 24.1 Å². The summed E-state index contributed by atoms with van der Waals surface area (Å²) in [6.07, 6.45) is 0.377. The van der Waals surface area contributed by atoms with E-state index in [-0.39, 0.29) is 37.8 Å². The third-order valence-electron chi connectivity index (χ3n) is 4.92. The molecule has 0 bridgehead atoms. The van der Waals surface area contributed by atoms with Crippen LogP contribution in [0, 0.1) is 0 Å². The van der Waals surface area contributed by atoms with Crippen molar-refractivity contribution < 1.29 is 13.6 Å². The van der Waals surface area contributed by atoms with Crippen molar-refractivity contribution in [1.29, 1.82) is 0 Å². The largest absolute Gasteiger partial charge is 0.369 e. The second-order valence-electron chi connectivity index (χ2n) is 6.72. The Morgan fingerprint density at radius 2 is 1.69 bits per heavy atom. The molecule has 0 aromatic heterocycles. The van der Waals surface area contributed by atoms with Crippen molar-refractivity contribution >= 4 is 17.3 Å². The Balaban J connectivity index is 1.77. The second-order valence-corrected chi connectivity index (χ2v) is 6.72. The summed E-state index contributed by atoms with van der Waals surface area (Å²) in [5.41, 5.74) is 2.46. The molecule has 1 aliphatic heterocycles. The van der Waals surface area contributed by atoms with Gasteiger partial charge in [-0.25, -0.2) is 8.78 Å². The van der Waals surface area contributed by atoms with Crippen LogP contribution in [0.4, 0.5) is 20.2 Å². The van der Waals surface area contributed by atoms with E-state index in [0.29, 0.717) is 12.1 Å². The molecule has 0 spiro atoms. The van der Waals surface area contributed by atoms with Crippen LogP contribution < -0.4 is 10.2 Å². The van der Waals surface area contributed by atoms with Gasteiger partial charge in [0.15, 0.2) is 0 Å². The highest BCUT2D eigenvalue weighted by Gasteiger charge is 2.34. The normalized spacial score (nSPS) is 17.6. The Morgan fingerprint density at radius 1 is 1.08 bits per heavy atom. The second kappa shape index (κ2) is 7.85. The molecule has 5 heteroatoms. The van der Waals surface area contributed by atoms with E-state index >= 15 is 0 Å². The first-order valence-electron chi connectivity index (χ1n) is 9.08. The minimum Gasteiger partial charge on any atom is -0.369 e. The molecule has 0 unspecified atom stereocenters. The van der Waals surface area contributed by atoms with E-state index < -0.39 is 5.92 Å². The summed E-state index contributed by atoms with van der Waals surface area (Å²) in [5, 5.41) is 3.01. The van der Waals surface area contributed by atoms with Crippen LogP contribution in [0.15, 0.2) is 54.6 Å². The molecule has 2 aromatic carbocycles. The summed E-state index contributed by atoms with van der Waals surface area (Å²) < 4.78 is 26.9. The number of nitrogens with one attached hydrogen (secondary N) is 1. The number of benzene rings is 2. The summed E-state index contributed by atoms with van der Waals surface area (Å²) in [6.45, 7) is 2.56. The summed E-state index contributed by atoms with van der Waals surface area (Å²) in [5.74, 6) is -2.90. The number of alkyl halides is 2. The summed E-state index contributed by atoms with van der Waals surface area (Å²) in [7, 11) is 0. The first kappa shape index (κ1) is 18.4. The molecule has 1 aliphatic rings. The van der Waals surface area contributed by atoms with Gasteiger partial charge in [-0.15, -0.1) is 0 Å². The van der Waals surface area contributed by atoms with E-state index in [1.54, 1.807) is 0 Å². The molecule has 0 saturated carbocycles. The SMILES string of the molecule is CC[C@H](C(=O)Nc1ccccc1N1CCC(F)(F)CC1)c1ccccc1. The third kappa shape index (κ3) is 4.21. The smallest absolute Gasteiger partial charge is 0.251 e. The first-order valence-corrected chi connectivity index (χ1v) is 9.08. The zero-order chi connectivity index (χ0) is 18.6. The van der Waals surface area contributed by atoms with Gasteiger partial charge in [0.25, 0.3) is 5.92 Å². The third-order valence-corrected chi connectivity index (χ3v) is 4.92. The maximum atomic E-state index is 13.4. The highest BCUT2D eigenvalue weighted by Crippen LogP contribution is 2.34. The summed E-state index contributed by atoms with van der Waals surface area (Å²) in [6, 6.07) is 17.1. The predicted octanol–water partition coefficient (Wildman–Crippen LogP) is 5.05. The Labute approximate surface area is 153 Å². The van der Waals surface area contributed by atoms with Crippen molar-refractivity contribution in [2.24, 2.45) is 0 Å². The van der Waals surface area contributed by atoms with Crippen molar-refractivity contribution in [3.05, 3.63) is 60.2 Å². The molecule has 3 rings (SSSR count). The molecule has 3 nitrogen and oxygen atoms in total. The van der Waals surface area contributed by atoms with Gasteiger partial charge in [0.1, 0.15) is 0 Å². The molecule has 1 saturated heterocycles. The molecular weight excluding hydrogens is 334 g/mol. The lowest BCUT2D eigenvalue weighted by Gasteiger charge is -2.34. The van der Waals surface area contributed by atoms with Crippen LogP contribution >= 0.6 is 0 Å². The number of amides is 1. The average molecular weight is 358 g/mol. The molecule has 138 valence electrons. The highest BCUT2D eigenvalue weighted by molar-refractivity contribution is 5.98. The monoisotopic (exact) mass is 358 g/mol. The van der Waals surface area contributed by atoms with Gasteiger partial charge in [0, 0.05) is 25.9 Å². The number of carbonyl (C=O) groups excluding carboxylic acids is 1. The van der Waals surface area contributed by atoms with Crippen molar-refractivity contribution in [3.63, 3.8) is 0 Å². The zero-order valence-electron chi connectivity index (χ0n) is 14.9. The number of rotatable bonds is 5. The van der Waals surface area contributed by atoms with Crippen LogP contribution in [0.2, 0.25) is 0 Å². The van der Waals surface area contributed by atoms with Gasteiger partial charge in [-0.1, -0.05) is 49.4 Å². The van der Waals surface area contributed by atoms with E-state index in [0.717, 1.165) is 11.3 Å². The van der Waals surface area contributed by atoms with E-state index in [4.69, 9.17) is 0 Å². The number of piperidine rings is 1. The maximum Gasteiger partial charge on any atom is 0.251 e. The fraction of sp³-hybridized carbons (Fsp3) is 0.381. The standard InChI is InChI=1S/C21H24F2N2O/c1-2-17(16-8-4-3-5-9-16)20(26)24-18-10-6-7-11-19(18)25-14-12-21(22,23)13-15-25/h3-11,17H,2,12-15H2,1H3,(H,24,26)/t17-/m0/s1. The van der Waals surface area contributed by atoms with Crippen molar-refractivity contribution in [3.8, 4) is 0 Å². The van der Waals surface area contributed by atoms with Crippen molar-refractivity contribution in [2.75, 3.05) is 23.3 Å². The number of para-hydroxylation sites is 2. The number of anilines is 2. The number of nitrogens with zero attached hydrogens (tertiary/aromatic N) is 1. The molecule has 26 heavy (non-hydrogen) atoms. The Hall–Kier alpha value is -2.43. The van der Waals surface area contributed by atoms with E-state index in [2.05, 4.69) is 5.32 Å². The van der Waals surface area contributed by atoms with Gasteiger partial charge in [0.05, 0.1) is 17.3 Å². The predicted molar refractivity (Wildman–Crippen MR) is 101 cm³/mol. The van der Waals surface area contributed by atoms with E-state index in [1.807, 2.05) is 66.4 Å². The van der Waals surface area contributed by atoms with Crippen LogP contribution in [0.25, 0.3) is 0 Å². The highest BCUT2D eigenvalue weighted by atomic mass is 19.3. The lowest BCUT2D eigenvalue weighted by Crippen LogP contribution is -2.39. The summed E-state index contributed by atoms with van der Waals surface area (Å²) >= 11 is 0. The average Bonchev–Trinajstić information content (AvgIpc) is 2.64. The van der Waals surface area contributed by atoms with Gasteiger partial charge >= 0.3 is 0 Å². The van der Waals surface area contributed by atoms with Gasteiger partial charge in [0.2, 0.25) is 5.91 Å². The van der Waals surface area contributed by atoms with Gasteiger partial charge < -0.3 is 10.2 Å². The molecule has 0 aliphatic carbocycles. The molecule has 1 fully saturated rings. The molecule has 1 amide bonds. The lowest BCUT2D eigenvalue weighted by molar-refractivity contribution is -0.117. The quantitative estimate of drug-likeness (QED) is 0.811. The molecule has 1 N–H and O–H groups in total. The van der Waals surface area contributed by atoms with Crippen LogP contribution in [0.1, 0.15) is 37.7 Å². The zero-order valence-corrected chi connectivity index (χ0v) is 14.9. The molecule has 0 radical (unpaired) electrons. The fourth-order valence-corrected chi connectivity index (χ4v) is 3.41. The number of carbonyl (C=O) groups is 1. The van der Waals surface area contributed by atoms with Gasteiger partial charge in [-0.2, -0.15) is 0 Å².